The topological polar surface area (TPSA) is 40.5 Å². The highest BCUT2D eigenvalue weighted by atomic mass is 16.3. The molecule has 0 saturated carbocycles. The Balaban J connectivity index is 2.91. The van der Waals surface area contributed by atoms with Gasteiger partial charge in [0, 0.05) is 13.2 Å². The first-order chi connectivity index (χ1) is 10.9. The number of aliphatic hydroxyl groups excluding tert-OH is 2. The zero-order chi connectivity index (χ0) is 16.1. The molecule has 0 aliphatic rings. The van der Waals surface area contributed by atoms with Gasteiger partial charge >= 0.3 is 0 Å². The van der Waals surface area contributed by atoms with Gasteiger partial charge < -0.3 is 10.2 Å². The average Bonchev–Trinajstić information content (AvgIpc) is 2.54. The van der Waals surface area contributed by atoms with Gasteiger partial charge in [0.05, 0.1) is 0 Å². The molecule has 0 aliphatic carbocycles. The number of rotatable bonds is 19. The minimum Gasteiger partial charge on any atom is -0.396 e. The lowest BCUT2D eigenvalue weighted by Gasteiger charge is -2.03. The average molecular weight is 315 g/mol. The molecule has 0 aromatic heterocycles. The van der Waals surface area contributed by atoms with Crippen molar-refractivity contribution in [3.8, 4) is 0 Å². The zero-order valence-corrected chi connectivity index (χ0v) is 15.0. The number of aliphatic hydroxyl groups is 2. The summed E-state index contributed by atoms with van der Waals surface area (Å²) in [7, 11) is 0. The molecule has 0 spiro atoms. The lowest BCUT2D eigenvalue weighted by molar-refractivity contribution is 0.282. The van der Waals surface area contributed by atoms with Crippen LogP contribution in [0, 0.1) is 0 Å². The van der Waals surface area contributed by atoms with E-state index in [0.717, 1.165) is 12.8 Å². The molecule has 2 heteroatoms. The van der Waals surface area contributed by atoms with Gasteiger partial charge in [-0.1, -0.05) is 103 Å². The molecule has 22 heavy (non-hydrogen) atoms. The molecule has 0 aromatic rings. The van der Waals surface area contributed by atoms with Crippen molar-refractivity contribution in [3.05, 3.63) is 0 Å². The molecule has 0 bridgehead atoms. The van der Waals surface area contributed by atoms with E-state index in [4.69, 9.17) is 10.2 Å². The Kier molecular flexibility index (Phi) is 20.8. The van der Waals surface area contributed by atoms with Crippen LogP contribution in [-0.2, 0) is 0 Å². The highest BCUT2D eigenvalue weighted by Crippen LogP contribution is 2.14. The first-order valence-corrected chi connectivity index (χ1v) is 10.1. The molecule has 0 radical (unpaired) electrons. The molecule has 0 heterocycles. The smallest absolute Gasteiger partial charge is 0.0431 e. The molecule has 0 unspecified atom stereocenters. The van der Waals surface area contributed by atoms with Gasteiger partial charge in [0.25, 0.3) is 0 Å². The molecular weight excluding hydrogens is 272 g/mol. The quantitative estimate of drug-likeness (QED) is 0.287. The predicted molar refractivity (Wildman–Crippen MR) is 97.3 cm³/mol. The molecule has 0 rings (SSSR count). The van der Waals surface area contributed by atoms with E-state index in [1.54, 1.807) is 0 Å². The highest BCUT2D eigenvalue weighted by Gasteiger charge is 1.95. The van der Waals surface area contributed by atoms with Crippen LogP contribution in [0.2, 0.25) is 0 Å². The monoisotopic (exact) mass is 314 g/mol. The molecule has 2 N–H and O–H groups in total. The Morgan fingerprint density at radius 1 is 0.227 bits per heavy atom. The van der Waals surface area contributed by atoms with Crippen LogP contribution in [0.25, 0.3) is 0 Å². The maximum absolute atomic E-state index is 8.69. The van der Waals surface area contributed by atoms with Crippen molar-refractivity contribution < 1.29 is 10.2 Å². The summed E-state index contributed by atoms with van der Waals surface area (Å²) >= 11 is 0. The molecule has 0 aliphatic heterocycles. The summed E-state index contributed by atoms with van der Waals surface area (Å²) in [5, 5.41) is 17.4. The summed E-state index contributed by atoms with van der Waals surface area (Å²) in [4.78, 5) is 0. The molecular formula is C20H42O2. The molecule has 0 amide bonds. The molecule has 0 fully saturated rings. The van der Waals surface area contributed by atoms with Gasteiger partial charge in [-0.2, -0.15) is 0 Å². The van der Waals surface area contributed by atoms with Crippen molar-refractivity contribution in [1.82, 2.24) is 0 Å². The predicted octanol–water partition coefficient (Wildman–Crippen LogP) is 5.99. The van der Waals surface area contributed by atoms with E-state index in [9.17, 15) is 0 Å². The second-order valence-electron chi connectivity index (χ2n) is 6.81. The van der Waals surface area contributed by atoms with Gasteiger partial charge in [-0.3, -0.25) is 0 Å². The molecule has 0 aromatic carbocycles. The number of unbranched alkanes of at least 4 members (excludes halogenated alkanes) is 17. The van der Waals surface area contributed by atoms with Gasteiger partial charge in [0.2, 0.25) is 0 Å². The summed E-state index contributed by atoms with van der Waals surface area (Å²) in [5.74, 6) is 0. The summed E-state index contributed by atoms with van der Waals surface area (Å²) in [6, 6.07) is 0. The third-order valence-electron chi connectivity index (χ3n) is 4.57. The maximum atomic E-state index is 8.69. The maximum Gasteiger partial charge on any atom is 0.0431 e. The lowest BCUT2D eigenvalue weighted by Crippen LogP contribution is -1.85. The van der Waals surface area contributed by atoms with Crippen LogP contribution in [0.3, 0.4) is 0 Å². The fraction of sp³-hybridized carbons (Fsp3) is 1.00. The van der Waals surface area contributed by atoms with Crippen molar-refractivity contribution >= 4 is 0 Å². The van der Waals surface area contributed by atoms with E-state index in [1.807, 2.05) is 0 Å². The van der Waals surface area contributed by atoms with Crippen molar-refractivity contribution in [1.29, 1.82) is 0 Å². The van der Waals surface area contributed by atoms with Crippen LogP contribution < -0.4 is 0 Å². The molecule has 0 atom stereocenters. The van der Waals surface area contributed by atoms with Crippen LogP contribution in [0.15, 0.2) is 0 Å². The van der Waals surface area contributed by atoms with E-state index in [1.165, 1.54) is 103 Å². The Morgan fingerprint density at radius 3 is 0.500 bits per heavy atom. The summed E-state index contributed by atoms with van der Waals surface area (Å²) in [6.07, 6.45) is 23.9. The van der Waals surface area contributed by atoms with Gasteiger partial charge in [-0.15, -0.1) is 0 Å². The van der Waals surface area contributed by atoms with Crippen molar-refractivity contribution in [2.45, 2.75) is 116 Å². The first kappa shape index (κ1) is 21.9. The second-order valence-corrected chi connectivity index (χ2v) is 6.81. The highest BCUT2D eigenvalue weighted by molar-refractivity contribution is 4.50. The number of hydrogen-bond donors (Lipinski definition) is 2. The van der Waals surface area contributed by atoms with Crippen molar-refractivity contribution in [2.24, 2.45) is 0 Å². The zero-order valence-electron chi connectivity index (χ0n) is 15.0. The molecule has 2 nitrogen and oxygen atoms in total. The molecule has 0 saturated heterocycles. The standard InChI is InChI=1S/C20H42O2/c21-19-17-15-13-11-9-7-5-3-1-2-4-6-8-10-12-14-16-18-20-22/h21-22H,1-20H2. The first-order valence-electron chi connectivity index (χ1n) is 10.1. The van der Waals surface area contributed by atoms with Crippen LogP contribution >= 0.6 is 0 Å². The van der Waals surface area contributed by atoms with Crippen molar-refractivity contribution in [2.75, 3.05) is 13.2 Å². The van der Waals surface area contributed by atoms with E-state index >= 15 is 0 Å². The van der Waals surface area contributed by atoms with E-state index in [2.05, 4.69) is 0 Å². The van der Waals surface area contributed by atoms with Crippen LogP contribution in [0.5, 0.6) is 0 Å². The largest absolute Gasteiger partial charge is 0.396 e. The van der Waals surface area contributed by atoms with Crippen molar-refractivity contribution in [3.63, 3.8) is 0 Å². The van der Waals surface area contributed by atoms with Gasteiger partial charge in [-0.25, -0.2) is 0 Å². The summed E-state index contributed by atoms with van der Waals surface area (Å²) in [5.41, 5.74) is 0. The Labute approximate surface area is 139 Å². The fourth-order valence-corrected chi connectivity index (χ4v) is 3.05. The van der Waals surface area contributed by atoms with Crippen LogP contribution in [-0.4, -0.2) is 23.4 Å². The number of hydrogen-bond acceptors (Lipinski definition) is 2. The minimum absolute atomic E-state index is 0.365. The lowest BCUT2D eigenvalue weighted by atomic mass is 10.0. The normalized spacial score (nSPS) is 11.2. The third kappa shape index (κ3) is 19.9. The van der Waals surface area contributed by atoms with Gasteiger partial charge in [-0.05, 0) is 12.8 Å². The van der Waals surface area contributed by atoms with Crippen LogP contribution in [0.4, 0.5) is 0 Å². The summed E-state index contributed by atoms with van der Waals surface area (Å²) < 4.78 is 0. The minimum atomic E-state index is 0.365. The van der Waals surface area contributed by atoms with Gasteiger partial charge in [0.1, 0.15) is 0 Å². The van der Waals surface area contributed by atoms with Gasteiger partial charge in [0.15, 0.2) is 0 Å². The third-order valence-corrected chi connectivity index (χ3v) is 4.57. The van der Waals surface area contributed by atoms with E-state index in [0.29, 0.717) is 13.2 Å². The Morgan fingerprint density at radius 2 is 0.364 bits per heavy atom. The van der Waals surface area contributed by atoms with E-state index in [-0.39, 0.29) is 0 Å². The SMILES string of the molecule is OCCCCCCCCCCCCCCCCCCCCO. The second kappa shape index (κ2) is 20.9. The van der Waals surface area contributed by atoms with E-state index < -0.39 is 0 Å². The Hall–Kier alpha value is -0.0800. The Bertz CT molecular complexity index is 163. The molecule has 134 valence electrons. The van der Waals surface area contributed by atoms with Crippen LogP contribution in [0.1, 0.15) is 116 Å². The summed E-state index contributed by atoms with van der Waals surface area (Å²) in [6.45, 7) is 0.730. The fourth-order valence-electron chi connectivity index (χ4n) is 3.05.